The van der Waals surface area contributed by atoms with Crippen LogP contribution in [0.25, 0.3) is 0 Å². The molecule has 0 aliphatic heterocycles. The van der Waals surface area contributed by atoms with Gasteiger partial charge in [-0.3, -0.25) is 0 Å². The maximum absolute atomic E-state index is 10.9. The molecular formula is C13H18O3. The molecule has 0 bridgehead atoms. The van der Waals surface area contributed by atoms with E-state index in [1.807, 2.05) is 26.8 Å². The lowest BCUT2D eigenvalue weighted by Crippen LogP contribution is -2.25. The third-order valence-corrected chi connectivity index (χ3v) is 2.57. The monoisotopic (exact) mass is 222 g/mol. The second-order valence-electron chi connectivity index (χ2n) is 4.65. The minimum Gasteiger partial charge on any atom is -0.478 e. The van der Waals surface area contributed by atoms with Gasteiger partial charge in [-0.05, 0) is 44.0 Å². The van der Waals surface area contributed by atoms with Gasteiger partial charge in [-0.25, -0.2) is 4.79 Å². The lowest BCUT2D eigenvalue weighted by atomic mass is 9.95. The Hall–Kier alpha value is -1.35. The number of carboxylic acid groups (broad SMARTS) is 1. The summed E-state index contributed by atoms with van der Waals surface area (Å²) in [5.74, 6) is -0.889. The van der Waals surface area contributed by atoms with Gasteiger partial charge in [0.15, 0.2) is 0 Å². The van der Waals surface area contributed by atoms with E-state index in [1.165, 1.54) is 0 Å². The summed E-state index contributed by atoms with van der Waals surface area (Å²) >= 11 is 0. The molecule has 0 aliphatic rings. The first-order valence-electron chi connectivity index (χ1n) is 5.23. The fourth-order valence-corrected chi connectivity index (χ4v) is 1.65. The Labute approximate surface area is 96.1 Å². The highest BCUT2D eigenvalue weighted by molar-refractivity contribution is 5.88. The Morgan fingerprint density at radius 2 is 2.00 bits per heavy atom. The summed E-state index contributed by atoms with van der Waals surface area (Å²) in [6.45, 7) is 5.86. The molecule has 3 heteroatoms. The fraction of sp³-hybridized carbons (Fsp3) is 0.462. The van der Waals surface area contributed by atoms with Crippen LogP contribution in [0.2, 0.25) is 0 Å². The van der Waals surface area contributed by atoms with Crippen LogP contribution in [0, 0.1) is 6.92 Å². The van der Waals surface area contributed by atoms with E-state index >= 15 is 0 Å². The number of carboxylic acids is 1. The molecule has 0 saturated carbocycles. The smallest absolute Gasteiger partial charge is 0.335 e. The van der Waals surface area contributed by atoms with Gasteiger partial charge in [-0.1, -0.05) is 6.07 Å². The van der Waals surface area contributed by atoms with E-state index in [2.05, 4.69) is 0 Å². The van der Waals surface area contributed by atoms with Gasteiger partial charge in [0, 0.05) is 13.5 Å². The Morgan fingerprint density at radius 3 is 2.50 bits per heavy atom. The van der Waals surface area contributed by atoms with Crippen LogP contribution in [0.4, 0.5) is 0 Å². The van der Waals surface area contributed by atoms with Gasteiger partial charge >= 0.3 is 5.97 Å². The molecule has 0 aliphatic carbocycles. The number of hydrogen-bond donors (Lipinski definition) is 1. The molecule has 0 heterocycles. The van der Waals surface area contributed by atoms with Crippen LogP contribution in [-0.2, 0) is 11.2 Å². The minimum atomic E-state index is -0.889. The van der Waals surface area contributed by atoms with E-state index in [0.717, 1.165) is 11.1 Å². The molecule has 1 N–H and O–H groups in total. The van der Waals surface area contributed by atoms with E-state index in [4.69, 9.17) is 9.84 Å². The van der Waals surface area contributed by atoms with Crippen molar-refractivity contribution in [3.05, 3.63) is 34.9 Å². The van der Waals surface area contributed by atoms with Crippen molar-refractivity contribution >= 4 is 5.97 Å². The van der Waals surface area contributed by atoms with Crippen molar-refractivity contribution in [1.29, 1.82) is 0 Å². The zero-order valence-corrected chi connectivity index (χ0v) is 10.2. The van der Waals surface area contributed by atoms with Crippen molar-refractivity contribution in [2.45, 2.75) is 32.8 Å². The number of rotatable bonds is 4. The second kappa shape index (κ2) is 4.66. The van der Waals surface area contributed by atoms with Gasteiger partial charge in [0.05, 0.1) is 11.2 Å². The summed E-state index contributed by atoms with van der Waals surface area (Å²) in [6, 6.07) is 5.37. The highest BCUT2D eigenvalue weighted by Crippen LogP contribution is 2.18. The van der Waals surface area contributed by atoms with Gasteiger partial charge in [0.25, 0.3) is 0 Å². The maximum atomic E-state index is 10.9. The molecule has 0 fully saturated rings. The molecule has 0 amide bonds. The lowest BCUT2D eigenvalue weighted by molar-refractivity contribution is 0.0231. The van der Waals surface area contributed by atoms with Crippen LogP contribution in [0.3, 0.4) is 0 Å². The molecular weight excluding hydrogens is 204 g/mol. The number of benzene rings is 1. The number of aromatic carboxylic acids is 1. The Morgan fingerprint density at radius 1 is 1.38 bits per heavy atom. The van der Waals surface area contributed by atoms with Crippen LogP contribution in [-0.4, -0.2) is 23.8 Å². The van der Waals surface area contributed by atoms with Crippen molar-refractivity contribution in [2.75, 3.05) is 7.11 Å². The van der Waals surface area contributed by atoms with E-state index in [1.54, 1.807) is 19.2 Å². The van der Waals surface area contributed by atoms with Crippen molar-refractivity contribution in [3.8, 4) is 0 Å². The lowest BCUT2D eigenvalue weighted by Gasteiger charge is -2.23. The molecule has 0 saturated heterocycles. The van der Waals surface area contributed by atoms with Crippen LogP contribution in [0.5, 0.6) is 0 Å². The zero-order valence-electron chi connectivity index (χ0n) is 10.2. The standard InChI is InChI=1S/C13H18O3/c1-9-5-10(8-13(2,3)16-4)7-11(6-9)12(14)15/h5-7H,8H2,1-4H3,(H,14,15). The van der Waals surface area contributed by atoms with E-state index in [0.29, 0.717) is 12.0 Å². The van der Waals surface area contributed by atoms with Gasteiger partial charge in [0.1, 0.15) is 0 Å². The topological polar surface area (TPSA) is 46.5 Å². The normalized spacial score (nSPS) is 11.5. The van der Waals surface area contributed by atoms with Gasteiger partial charge in [0.2, 0.25) is 0 Å². The molecule has 0 atom stereocenters. The molecule has 1 aromatic rings. The molecule has 0 aromatic heterocycles. The quantitative estimate of drug-likeness (QED) is 0.851. The van der Waals surface area contributed by atoms with Crippen molar-refractivity contribution in [3.63, 3.8) is 0 Å². The van der Waals surface area contributed by atoms with Crippen LogP contribution < -0.4 is 0 Å². The SMILES string of the molecule is COC(C)(C)Cc1cc(C)cc(C(=O)O)c1. The molecule has 0 spiro atoms. The molecule has 16 heavy (non-hydrogen) atoms. The first-order valence-corrected chi connectivity index (χ1v) is 5.23. The predicted octanol–water partition coefficient (Wildman–Crippen LogP) is 2.66. The van der Waals surface area contributed by atoms with Gasteiger partial charge in [-0.15, -0.1) is 0 Å². The van der Waals surface area contributed by atoms with Crippen molar-refractivity contribution in [2.24, 2.45) is 0 Å². The molecule has 3 nitrogen and oxygen atoms in total. The zero-order chi connectivity index (χ0) is 12.3. The minimum absolute atomic E-state index is 0.274. The number of hydrogen-bond acceptors (Lipinski definition) is 2. The first kappa shape index (κ1) is 12.7. The van der Waals surface area contributed by atoms with Crippen LogP contribution in [0.15, 0.2) is 18.2 Å². The second-order valence-corrected chi connectivity index (χ2v) is 4.65. The molecule has 1 aromatic carbocycles. The molecule has 0 unspecified atom stereocenters. The van der Waals surface area contributed by atoms with Crippen LogP contribution >= 0.6 is 0 Å². The Bertz CT molecular complexity index is 394. The number of aryl methyl sites for hydroxylation is 1. The largest absolute Gasteiger partial charge is 0.478 e. The van der Waals surface area contributed by atoms with E-state index in [9.17, 15) is 4.79 Å². The van der Waals surface area contributed by atoms with E-state index < -0.39 is 5.97 Å². The summed E-state index contributed by atoms with van der Waals surface area (Å²) in [7, 11) is 1.66. The summed E-state index contributed by atoms with van der Waals surface area (Å²) < 4.78 is 5.33. The highest BCUT2D eigenvalue weighted by Gasteiger charge is 2.18. The molecule has 1 rings (SSSR count). The number of methoxy groups -OCH3 is 1. The Kier molecular flexibility index (Phi) is 3.70. The Balaban J connectivity index is 3.01. The first-order chi connectivity index (χ1) is 7.34. The van der Waals surface area contributed by atoms with Gasteiger partial charge in [-0.2, -0.15) is 0 Å². The van der Waals surface area contributed by atoms with E-state index in [-0.39, 0.29) is 5.60 Å². The average molecular weight is 222 g/mol. The number of carbonyl (C=O) groups is 1. The predicted molar refractivity (Wildman–Crippen MR) is 62.9 cm³/mol. The summed E-state index contributed by atoms with van der Waals surface area (Å²) in [5, 5.41) is 8.96. The summed E-state index contributed by atoms with van der Waals surface area (Å²) in [6.07, 6.45) is 0.700. The third-order valence-electron chi connectivity index (χ3n) is 2.57. The fourth-order valence-electron chi connectivity index (χ4n) is 1.65. The number of ether oxygens (including phenoxy) is 1. The molecule has 88 valence electrons. The third kappa shape index (κ3) is 3.35. The van der Waals surface area contributed by atoms with Crippen LogP contribution in [0.1, 0.15) is 35.3 Å². The summed E-state index contributed by atoms with van der Waals surface area (Å²) in [5.41, 5.74) is 2.01. The molecule has 0 radical (unpaired) electrons. The van der Waals surface area contributed by atoms with Crippen molar-refractivity contribution < 1.29 is 14.6 Å². The van der Waals surface area contributed by atoms with Crippen molar-refractivity contribution in [1.82, 2.24) is 0 Å². The highest BCUT2D eigenvalue weighted by atomic mass is 16.5. The van der Waals surface area contributed by atoms with Gasteiger partial charge < -0.3 is 9.84 Å². The maximum Gasteiger partial charge on any atom is 0.335 e. The summed E-state index contributed by atoms with van der Waals surface area (Å²) in [4.78, 5) is 10.9. The average Bonchev–Trinajstić information content (AvgIpc) is 2.16.